The Morgan fingerprint density at radius 3 is 2.22 bits per heavy atom. The van der Waals surface area contributed by atoms with Crippen LogP contribution in [0.1, 0.15) is 46.6 Å². The number of carbonyl (C=O) groups is 1. The molecule has 0 radical (unpaired) electrons. The van der Waals surface area contributed by atoms with Crippen LogP contribution in [0.3, 0.4) is 0 Å². The van der Waals surface area contributed by atoms with Gasteiger partial charge in [-0.05, 0) is 50.5 Å². The third kappa shape index (κ3) is 12.0. The molecule has 0 aliphatic rings. The van der Waals surface area contributed by atoms with E-state index in [9.17, 15) is 9.90 Å². The molecule has 0 bridgehead atoms. The summed E-state index contributed by atoms with van der Waals surface area (Å²) in [5.41, 5.74) is 6.48. The van der Waals surface area contributed by atoms with Gasteiger partial charge in [0.2, 0.25) is 0 Å². The van der Waals surface area contributed by atoms with Gasteiger partial charge in [0, 0.05) is 31.2 Å². The van der Waals surface area contributed by atoms with E-state index in [-0.39, 0.29) is 11.5 Å². The van der Waals surface area contributed by atoms with E-state index in [2.05, 4.69) is 0 Å². The van der Waals surface area contributed by atoms with E-state index in [1.165, 1.54) is 0 Å². The number of hydrogen-bond acceptors (Lipinski definition) is 5. The zero-order valence-electron chi connectivity index (χ0n) is 17.7. The molecule has 6 nitrogen and oxygen atoms in total. The van der Waals surface area contributed by atoms with E-state index < -0.39 is 5.97 Å². The number of aliphatic carboxylic acids is 1. The first kappa shape index (κ1) is 24.9. The van der Waals surface area contributed by atoms with Crippen LogP contribution in [0.2, 0.25) is 0 Å². The molecule has 0 saturated carbocycles. The molecule has 1 aromatic rings. The molecule has 27 heavy (non-hydrogen) atoms. The van der Waals surface area contributed by atoms with Gasteiger partial charge in [0.1, 0.15) is 0 Å². The van der Waals surface area contributed by atoms with E-state index in [0.717, 1.165) is 12.0 Å². The smallest absolute Gasteiger partial charge is 0.331 e. The van der Waals surface area contributed by atoms with Gasteiger partial charge >= 0.3 is 5.97 Å². The molecule has 0 spiro atoms. The fraction of sp³-hybridized carbons (Fsp3) is 0.571. The van der Waals surface area contributed by atoms with Crippen molar-refractivity contribution in [2.45, 2.75) is 46.6 Å². The zero-order chi connectivity index (χ0) is 21.0. The predicted molar refractivity (Wildman–Crippen MR) is 109 cm³/mol. The van der Waals surface area contributed by atoms with Gasteiger partial charge < -0.3 is 25.1 Å². The highest BCUT2D eigenvalue weighted by atomic mass is 16.5. The number of benzene rings is 1. The van der Waals surface area contributed by atoms with Crippen LogP contribution in [0, 0.1) is 5.92 Å². The molecule has 0 aliphatic carbocycles. The monoisotopic (exact) mass is 381 g/mol. The van der Waals surface area contributed by atoms with Gasteiger partial charge in [-0.15, -0.1) is 0 Å². The van der Waals surface area contributed by atoms with Gasteiger partial charge in [0.05, 0.1) is 13.7 Å². The lowest BCUT2D eigenvalue weighted by atomic mass is 10.0. The molecule has 1 aromatic carbocycles. The lowest BCUT2D eigenvalue weighted by Gasteiger charge is -2.12. The fourth-order valence-corrected chi connectivity index (χ4v) is 1.94. The maximum absolute atomic E-state index is 11.3. The highest BCUT2D eigenvalue weighted by Gasteiger charge is 2.13. The lowest BCUT2D eigenvalue weighted by molar-refractivity contribution is -0.133. The highest BCUT2D eigenvalue weighted by Crippen LogP contribution is 2.29. The van der Waals surface area contributed by atoms with Crippen molar-refractivity contribution in [2.24, 2.45) is 11.7 Å². The molecule has 154 valence electrons. The van der Waals surface area contributed by atoms with Crippen LogP contribution in [0.5, 0.6) is 11.5 Å². The summed E-state index contributed by atoms with van der Waals surface area (Å²) in [6, 6.07) is 5.38. The van der Waals surface area contributed by atoms with E-state index in [4.69, 9.17) is 19.9 Å². The molecule has 0 amide bonds. The van der Waals surface area contributed by atoms with Crippen molar-refractivity contribution in [3.05, 3.63) is 29.3 Å². The molecule has 0 unspecified atom stereocenters. The number of carboxylic acids is 1. The van der Waals surface area contributed by atoms with E-state index >= 15 is 0 Å². The van der Waals surface area contributed by atoms with Crippen molar-refractivity contribution in [1.82, 2.24) is 0 Å². The molecule has 0 saturated heterocycles. The van der Waals surface area contributed by atoms with Crippen molar-refractivity contribution < 1.29 is 24.1 Å². The summed E-state index contributed by atoms with van der Waals surface area (Å²) in [5.74, 6) is 0.246. The molecular weight excluding hydrogens is 346 g/mol. The van der Waals surface area contributed by atoms with Gasteiger partial charge in [0.15, 0.2) is 11.5 Å². The second kappa shape index (κ2) is 12.4. The Morgan fingerprint density at radius 2 is 1.78 bits per heavy atom. The van der Waals surface area contributed by atoms with E-state index in [1.807, 2.05) is 40.7 Å². The Bertz CT molecular complexity index is 597. The Hall–Kier alpha value is -2.05. The van der Waals surface area contributed by atoms with E-state index in [1.54, 1.807) is 32.4 Å². The number of nitrogens with two attached hydrogens (primary N) is 1. The second-order valence-corrected chi connectivity index (χ2v) is 7.53. The molecular formula is C21H35NO5. The molecule has 0 aliphatic heterocycles. The first-order chi connectivity index (χ1) is 12.5. The second-order valence-electron chi connectivity index (χ2n) is 7.53. The van der Waals surface area contributed by atoms with Crippen LogP contribution in [0.25, 0.3) is 6.08 Å². The molecule has 0 fully saturated rings. The third-order valence-electron chi connectivity index (χ3n) is 3.13. The predicted octanol–water partition coefficient (Wildman–Crippen LogP) is 3.98. The van der Waals surface area contributed by atoms with Gasteiger partial charge in [0.25, 0.3) is 0 Å². The minimum atomic E-state index is -0.909. The summed E-state index contributed by atoms with van der Waals surface area (Å²) in [5, 5.41) is 9.24. The maximum Gasteiger partial charge on any atom is 0.331 e. The van der Waals surface area contributed by atoms with Crippen molar-refractivity contribution >= 4 is 12.0 Å². The Morgan fingerprint density at radius 1 is 1.19 bits per heavy atom. The van der Waals surface area contributed by atoms with Crippen LogP contribution in [0.4, 0.5) is 0 Å². The Kier molecular flexibility index (Phi) is 11.4. The Labute approximate surface area is 163 Å². The normalized spacial score (nSPS) is 11.7. The number of ether oxygens (including phenoxy) is 3. The molecule has 6 heteroatoms. The van der Waals surface area contributed by atoms with Crippen molar-refractivity contribution in [2.75, 3.05) is 27.4 Å². The van der Waals surface area contributed by atoms with Crippen LogP contribution in [0.15, 0.2) is 23.8 Å². The first-order valence-electron chi connectivity index (χ1n) is 9.03. The number of hydrogen-bond donors (Lipinski definition) is 2. The number of methoxy groups -OCH3 is 2. The SMILES string of the molecule is CC(C)(C)N.COCCCOc1cc(/C=C(/C(=O)O)C(C)C)ccc1OC. The number of carboxylic acid groups (broad SMARTS) is 1. The van der Waals surface area contributed by atoms with E-state index in [0.29, 0.717) is 30.3 Å². The summed E-state index contributed by atoms with van der Waals surface area (Å²) in [6.07, 6.45) is 2.43. The Balaban J connectivity index is 0.00000119. The van der Waals surface area contributed by atoms with Crippen LogP contribution < -0.4 is 15.2 Å². The number of rotatable bonds is 9. The van der Waals surface area contributed by atoms with Crippen molar-refractivity contribution in [3.63, 3.8) is 0 Å². The van der Waals surface area contributed by atoms with Crippen LogP contribution >= 0.6 is 0 Å². The van der Waals surface area contributed by atoms with Gasteiger partial charge in [-0.2, -0.15) is 0 Å². The topological polar surface area (TPSA) is 91.0 Å². The summed E-state index contributed by atoms with van der Waals surface area (Å²) in [7, 11) is 3.22. The quantitative estimate of drug-likeness (QED) is 0.497. The molecule has 3 N–H and O–H groups in total. The van der Waals surface area contributed by atoms with Gasteiger partial charge in [-0.25, -0.2) is 4.79 Å². The minimum Gasteiger partial charge on any atom is -0.493 e. The summed E-state index contributed by atoms with van der Waals surface area (Å²) < 4.78 is 15.9. The molecule has 0 atom stereocenters. The van der Waals surface area contributed by atoms with Crippen LogP contribution in [-0.4, -0.2) is 44.0 Å². The van der Waals surface area contributed by atoms with Crippen molar-refractivity contribution in [1.29, 1.82) is 0 Å². The standard InChI is InChI=1S/C17H24O5.C4H11N/c1-12(2)14(17(18)19)10-13-6-7-15(21-4)16(11-13)22-9-5-8-20-3;1-4(2,3)5/h6-7,10-12H,5,8-9H2,1-4H3,(H,18,19);5H2,1-3H3/b14-10+;. The molecule has 1 rings (SSSR count). The average Bonchev–Trinajstić information content (AvgIpc) is 2.54. The van der Waals surface area contributed by atoms with Crippen LogP contribution in [-0.2, 0) is 9.53 Å². The van der Waals surface area contributed by atoms with Crippen molar-refractivity contribution in [3.8, 4) is 11.5 Å². The highest BCUT2D eigenvalue weighted by molar-refractivity contribution is 5.92. The summed E-state index contributed by atoms with van der Waals surface area (Å²) in [4.78, 5) is 11.3. The fourth-order valence-electron chi connectivity index (χ4n) is 1.94. The summed E-state index contributed by atoms with van der Waals surface area (Å²) >= 11 is 0. The van der Waals surface area contributed by atoms with Gasteiger partial charge in [-0.1, -0.05) is 19.9 Å². The average molecular weight is 382 g/mol. The minimum absolute atomic E-state index is 0. The maximum atomic E-state index is 11.3. The largest absolute Gasteiger partial charge is 0.493 e. The van der Waals surface area contributed by atoms with Gasteiger partial charge in [-0.3, -0.25) is 0 Å². The first-order valence-corrected chi connectivity index (χ1v) is 9.03. The third-order valence-corrected chi connectivity index (χ3v) is 3.13. The lowest BCUT2D eigenvalue weighted by Crippen LogP contribution is -2.26. The zero-order valence-corrected chi connectivity index (χ0v) is 17.7. The molecule has 0 aromatic heterocycles. The summed E-state index contributed by atoms with van der Waals surface area (Å²) in [6.45, 7) is 10.7. The molecule has 0 heterocycles.